The van der Waals surface area contributed by atoms with Gasteiger partial charge in [0.15, 0.2) is 0 Å². The van der Waals surface area contributed by atoms with Gasteiger partial charge in [-0.15, -0.1) is 10.2 Å². The molecular weight excluding hydrogens is 476 g/mol. The fraction of sp³-hybridized carbons (Fsp3) is 0.480. The average molecular weight is 509 g/mol. The summed E-state index contributed by atoms with van der Waals surface area (Å²) in [5.41, 5.74) is 1.49. The van der Waals surface area contributed by atoms with Crippen molar-refractivity contribution in [2.75, 3.05) is 13.2 Å². The fourth-order valence-electron chi connectivity index (χ4n) is 4.41. The lowest BCUT2D eigenvalue weighted by Crippen LogP contribution is -2.36. The van der Waals surface area contributed by atoms with E-state index >= 15 is 0 Å². The normalized spacial score (nSPS) is 17.3. The lowest BCUT2D eigenvalue weighted by atomic mass is 9.86. The van der Waals surface area contributed by atoms with Gasteiger partial charge in [0.2, 0.25) is 11.7 Å². The van der Waals surface area contributed by atoms with Crippen LogP contribution in [0.1, 0.15) is 54.5 Å². The van der Waals surface area contributed by atoms with Gasteiger partial charge in [-0.25, -0.2) is 9.97 Å². The van der Waals surface area contributed by atoms with Crippen molar-refractivity contribution in [3.63, 3.8) is 0 Å². The molecule has 0 saturated heterocycles. The summed E-state index contributed by atoms with van der Waals surface area (Å²) in [6.07, 6.45) is 3.84. The molecule has 12 nitrogen and oxygen atoms in total. The Bertz CT molecular complexity index is 1220. The number of hydrogen-bond acceptors (Lipinski definition) is 9. The Morgan fingerprint density at radius 3 is 2.73 bits per heavy atom. The number of aliphatic hydroxyl groups is 1. The summed E-state index contributed by atoms with van der Waals surface area (Å²) in [7, 11) is 0. The number of hydrogen-bond donors (Lipinski definition) is 3. The molecule has 1 aromatic carbocycles. The van der Waals surface area contributed by atoms with Crippen LogP contribution in [0, 0.1) is 12.8 Å². The van der Waals surface area contributed by atoms with Crippen LogP contribution < -0.4 is 15.4 Å². The van der Waals surface area contributed by atoms with E-state index < -0.39 is 0 Å². The van der Waals surface area contributed by atoms with Crippen LogP contribution in [-0.2, 0) is 17.9 Å². The second kappa shape index (κ2) is 12.3. The summed E-state index contributed by atoms with van der Waals surface area (Å²) < 4.78 is 5.42. The molecule has 4 rings (SSSR count). The molecule has 2 heterocycles. The molecule has 0 bridgehead atoms. The van der Waals surface area contributed by atoms with Crippen molar-refractivity contribution in [3.8, 4) is 17.3 Å². The van der Waals surface area contributed by atoms with Gasteiger partial charge in [0.05, 0.1) is 13.2 Å². The van der Waals surface area contributed by atoms with Crippen molar-refractivity contribution in [1.82, 2.24) is 40.8 Å². The fourth-order valence-corrected chi connectivity index (χ4v) is 4.41. The minimum Gasteiger partial charge on any atom is -0.491 e. The van der Waals surface area contributed by atoms with Crippen molar-refractivity contribution in [1.29, 1.82) is 0 Å². The molecule has 1 saturated carbocycles. The maximum atomic E-state index is 12.8. The Kier molecular flexibility index (Phi) is 8.72. The molecule has 0 unspecified atom stereocenters. The number of carbonyl (C=O) groups is 2. The molecule has 2 amide bonds. The molecule has 12 heteroatoms. The third-order valence-corrected chi connectivity index (χ3v) is 6.14. The lowest BCUT2D eigenvalue weighted by Gasteiger charge is -2.28. The molecule has 196 valence electrons. The topological polar surface area (TPSA) is 157 Å². The van der Waals surface area contributed by atoms with E-state index in [1.165, 1.54) is 0 Å². The molecule has 0 radical (unpaired) electrons. The van der Waals surface area contributed by atoms with Crippen molar-refractivity contribution in [3.05, 3.63) is 47.4 Å². The summed E-state index contributed by atoms with van der Waals surface area (Å²) in [5.74, 6) is 1.45. The zero-order valence-electron chi connectivity index (χ0n) is 21.1. The first-order valence-corrected chi connectivity index (χ1v) is 12.4. The molecule has 3 aromatic rings. The van der Waals surface area contributed by atoms with E-state index in [0.717, 1.165) is 31.2 Å². The third kappa shape index (κ3) is 7.53. The van der Waals surface area contributed by atoms with Gasteiger partial charge in [-0.3, -0.25) is 9.59 Å². The van der Waals surface area contributed by atoms with Gasteiger partial charge in [0.1, 0.15) is 29.6 Å². The van der Waals surface area contributed by atoms with Crippen LogP contribution >= 0.6 is 0 Å². The van der Waals surface area contributed by atoms with E-state index in [2.05, 4.69) is 36.0 Å². The zero-order chi connectivity index (χ0) is 26.2. The standard InChI is InChI=1S/C25H32N8O4/c1-16-27-22(24-30-32-33(31-24)15-18-6-8-20(9-7-18)29-17(2)35)13-23(28-16)25(36)26-14-19-4-3-5-21(12-19)37-11-10-34/h3-5,12-13,18,20,34H,6-11,14-15H2,1-2H3,(H,26,36)(H,29,35). The molecular formula is C25H32N8O4. The maximum absolute atomic E-state index is 12.8. The van der Waals surface area contributed by atoms with Crippen LogP contribution in [0.4, 0.5) is 0 Å². The van der Waals surface area contributed by atoms with Gasteiger partial charge in [0.25, 0.3) is 5.91 Å². The number of aliphatic hydroxyl groups excluding tert-OH is 1. The van der Waals surface area contributed by atoms with Gasteiger partial charge in [-0.2, -0.15) is 4.80 Å². The van der Waals surface area contributed by atoms with Crippen LogP contribution in [-0.4, -0.2) is 66.4 Å². The van der Waals surface area contributed by atoms with Crippen molar-refractivity contribution in [2.45, 2.75) is 58.7 Å². The molecule has 3 N–H and O–H groups in total. The SMILES string of the molecule is CC(=O)NC1CCC(Cn2nnc(-c3cc(C(=O)NCc4cccc(OCCO)c4)nc(C)n3)n2)CC1. The molecule has 1 aliphatic rings. The number of nitrogens with one attached hydrogen (secondary N) is 2. The maximum Gasteiger partial charge on any atom is 0.270 e. The number of tetrazole rings is 1. The Balaban J connectivity index is 1.36. The number of nitrogens with zero attached hydrogens (tertiary/aromatic N) is 6. The zero-order valence-corrected chi connectivity index (χ0v) is 21.1. The smallest absolute Gasteiger partial charge is 0.270 e. The lowest BCUT2D eigenvalue weighted by molar-refractivity contribution is -0.119. The molecule has 37 heavy (non-hydrogen) atoms. The molecule has 0 aliphatic heterocycles. The minimum atomic E-state index is -0.350. The molecule has 0 spiro atoms. The van der Waals surface area contributed by atoms with Gasteiger partial charge in [0, 0.05) is 19.5 Å². The summed E-state index contributed by atoms with van der Waals surface area (Å²) >= 11 is 0. The highest BCUT2D eigenvalue weighted by Crippen LogP contribution is 2.25. The summed E-state index contributed by atoms with van der Waals surface area (Å²) in [6, 6.07) is 9.09. The Labute approximate surface area is 214 Å². The van der Waals surface area contributed by atoms with Crippen LogP contribution in [0.2, 0.25) is 0 Å². The van der Waals surface area contributed by atoms with Gasteiger partial charge in [-0.05, 0) is 67.5 Å². The first-order valence-electron chi connectivity index (χ1n) is 12.4. The number of ether oxygens (including phenoxy) is 1. The monoisotopic (exact) mass is 508 g/mol. The van der Waals surface area contributed by atoms with Crippen molar-refractivity contribution >= 4 is 11.8 Å². The van der Waals surface area contributed by atoms with E-state index in [0.29, 0.717) is 35.6 Å². The molecule has 1 fully saturated rings. The van der Waals surface area contributed by atoms with Crippen molar-refractivity contribution < 1.29 is 19.4 Å². The average Bonchev–Trinajstić information content (AvgIpc) is 3.35. The highest BCUT2D eigenvalue weighted by molar-refractivity contribution is 5.93. The predicted octanol–water partition coefficient (Wildman–Crippen LogP) is 1.43. The summed E-state index contributed by atoms with van der Waals surface area (Å²) in [4.78, 5) is 34.3. The van der Waals surface area contributed by atoms with Crippen molar-refractivity contribution in [2.24, 2.45) is 5.92 Å². The van der Waals surface area contributed by atoms with E-state index in [4.69, 9.17) is 9.84 Å². The van der Waals surface area contributed by atoms with Crippen LogP contribution in [0.5, 0.6) is 5.75 Å². The predicted molar refractivity (Wildman–Crippen MR) is 133 cm³/mol. The van der Waals surface area contributed by atoms with Crippen LogP contribution in [0.15, 0.2) is 30.3 Å². The number of rotatable bonds is 10. The van der Waals surface area contributed by atoms with E-state index in [1.54, 1.807) is 36.8 Å². The number of aryl methyl sites for hydroxylation is 1. The highest BCUT2D eigenvalue weighted by Gasteiger charge is 2.23. The number of aromatic nitrogens is 6. The molecule has 0 atom stereocenters. The van der Waals surface area contributed by atoms with E-state index in [9.17, 15) is 9.59 Å². The number of amides is 2. The highest BCUT2D eigenvalue weighted by atomic mass is 16.5. The second-order valence-corrected chi connectivity index (χ2v) is 9.17. The summed E-state index contributed by atoms with van der Waals surface area (Å²) in [5, 5.41) is 27.6. The van der Waals surface area contributed by atoms with Gasteiger partial charge in [-0.1, -0.05) is 12.1 Å². The van der Waals surface area contributed by atoms with Crippen LogP contribution in [0.3, 0.4) is 0 Å². The summed E-state index contributed by atoms with van der Waals surface area (Å²) in [6.45, 7) is 4.31. The van der Waals surface area contributed by atoms with Gasteiger partial charge >= 0.3 is 0 Å². The quantitative estimate of drug-likeness (QED) is 0.368. The Morgan fingerprint density at radius 1 is 1.16 bits per heavy atom. The second-order valence-electron chi connectivity index (χ2n) is 9.17. The minimum absolute atomic E-state index is 0.0114. The van der Waals surface area contributed by atoms with E-state index in [-0.39, 0.29) is 43.3 Å². The first-order chi connectivity index (χ1) is 17.9. The Morgan fingerprint density at radius 2 is 1.97 bits per heavy atom. The number of carbonyl (C=O) groups excluding carboxylic acids is 2. The van der Waals surface area contributed by atoms with E-state index in [1.807, 2.05) is 12.1 Å². The first kappa shape index (κ1) is 26.1. The molecule has 1 aliphatic carbocycles. The largest absolute Gasteiger partial charge is 0.491 e. The van der Waals surface area contributed by atoms with Gasteiger partial charge < -0.3 is 20.5 Å². The van der Waals surface area contributed by atoms with Crippen LogP contribution in [0.25, 0.3) is 11.5 Å². The number of benzene rings is 1. The third-order valence-electron chi connectivity index (χ3n) is 6.14. The molecule has 2 aromatic heterocycles. The Hall–Kier alpha value is -3.93.